The highest BCUT2D eigenvalue weighted by molar-refractivity contribution is 7.91. The number of amides is 1. The molecule has 6 nitrogen and oxygen atoms in total. The normalized spacial score (nSPS) is 23.0. The summed E-state index contributed by atoms with van der Waals surface area (Å²) in [5, 5.41) is 3.00. The van der Waals surface area contributed by atoms with Gasteiger partial charge in [0.1, 0.15) is 0 Å². The summed E-state index contributed by atoms with van der Waals surface area (Å²) in [4.78, 5) is 23.6. The van der Waals surface area contributed by atoms with Gasteiger partial charge in [0, 0.05) is 5.02 Å². The minimum Gasteiger partial charge on any atom is -0.452 e. The molecule has 1 N–H and O–H groups in total. The summed E-state index contributed by atoms with van der Waals surface area (Å²) in [5.41, 5.74) is -0.562. The maximum absolute atomic E-state index is 11.8. The van der Waals surface area contributed by atoms with Crippen molar-refractivity contribution < 1.29 is 22.7 Å². The molecule has 1 amide bonds. The van der Waals surface area contributed by atoms with E-state index in [-0.39, 0.29) is 17.1 Å². The van der Waals surface area contributed by atoms with Crippen molar-refractivity contribution in [3.8, 4) is 0 Å². The molecule has 1 atom stereocenters. The number of rotatable bonds is 4. The average molecular weight is 346 g/mol. The quantitative estimate of drug-likeness (QED) is 0.828. The van der Waals surface area contributed by atoms with E-state index in [1.54, 1.807) is 19.1 Å². The fourth-order valence-corrected chi connectivity index (χ4v) is 4.60. The zero-order valence-corrected chi connectivity index (χ0v) is 13.5. The molecule has 1 fully saturated rings. The first kappa shape index (κ1) is 16.8. The molecule has 1 aromatic rings. The minimum atomic E-state index is -3.12. The molecular weight excluding hydrogens is 330 g/mol. The Kier molecular flexibility index (Phi) is 4.77. The molecule has 0 saturated carbocycles. The van der Waals surface area contributed by atoms with Crippen LogP contribution in [0.15, 0.2) is 24.3 Å². The molecule has 1 heterocycles. The Balaban J connectivity index is 1.87. The zero-order chi connectivity index (χ0) is 16.4. The predicted octanol–water partition coefficient (Wildman–Crippen LogP) is 1.19. The van der Waals surface area contributed by atoms with E-state index < -0.39 is 33.9 Å². The van der Waals surface area contributed by atoms with Gasteiger partial charge < -0.3 is 10.1 Å². The predicted molar refractivity (Wildman–Crippen MR) is 81.6 cm³/mol. The van der Waals surface area contributed by atoms with Crippen molar-refractivity contribution in [2.75, 3.05) is 18.1 Å². The number of hydrogen-bond acceptors (Lipinski definition) is 5. The number of ether oxygens (including phenoxy) is 1. The van der Waals surface area contributed by atoms with Gasteiger partial charge in [-0.2, -0.15) is 0 Å². The van der Waals surface area contributed by atoms with Gasteiger partial charge in [-0.15, -0.1) is 0 Å². The van der Waals surface area contributed by atoms with Crippen molar-refractivity contribution >= 4 is 33.3 Å². The van der Waals surface area contributed by atoms with Gasteiger partial charge in [0.25, 0.3) is 5.91 Å². The number of benzene rings is 1. The van der Waals surface area contributed by atoms with Crippen LogP contribution in [0.4, 0.5) is 0 Å². The Morgan fingerprint density at radius 1 is 1.41 bits per heavy atom. The molecule has 1 saturated heterocycles. The van der Waals surface area contributed by atoms with E-state index in [1.807, 2.05) is 0 Å². The van der Waals surface area contributed by atoms with Crippen molar-refractivity contribution in [1.29, 1.82) is 0 Å². The first-order valence-corrected chi connectivity index (χ1v) is 8.83. The lowest BCUT2D eigenvalue weighted by molar-refractivity contribution is -0.125. The maximum Gasteiger partial charge on any atom is 0.338 e. The van der Waals surface area contributed by atoms with Crippen LogP contribution >= 0.6 is 11.6 Å². The van der Waals surface area contributed by atoms with Crippen molar-refractivity contribution in [3.05, 3.63) is 34.9 Å². The van der Waals surface area contributed by atoms with Gasteiger partial charge in [0.15, 0.2) is 16.4 Å². The minimum absolute atomic E-state index is 0.0477. The number of hydrogen-bond donors (Lipinski definition) is 1. The van der Waals surface area contributed by atoms with Gasteiger partial charge in [-0.3, -0.25) is 4.79 Å². The van der Waals surface area contributed by atoms with Crippen LogP contribution in [0.1, 0.15) is 23.7 Å². The highest BCUT2D eigenvalue weighted by atomic mass is 35.5. The lowest BCUT2D eigenvalue weighted by Gasteiger charge is -2.23. The Hall–Kier alpha value is -1.60. The van der Waals surface area contributed by atoms with Crippen LogP contribution in [-0.4, -0.2) is 43.9 Å². The topological polar surface area (TPSA) is 89.5 Å². The Bertz CT molecular complexity index is 703. The third-order valence-electron chi connectivity index (χ3n) is 3.34. The molecule has 0 aromatic heterocycles. The van der Waals surface area contributed by atoms with Gasteiger partial charge >= 0.3 is 5.97 Å². The second kappa shape index (κ2) is 6.26. The highest BCUT2D eigenvalue weighted by Crippen LogP contribution is 2.22. The van der Waals surface area contributed by atoms with E-state index in [0.717, 1.165) is 0 Å². The standard InChI is InChI=1S/C14H16ClNO5S/c1-14(5-6-22(19,20)9-14)16-12(17)8-21-13(18)10-3-2-4-11(15)7-10/h2-4,7H,5-6,8-9H2,1H3,(H,16,17)/t14-/m1/s1. The number of sulfone groups is 1. The fourth-order valence-electron chi connectivity index (χ4n) is 2.31. The molecule has 22 heavy (non-hydrogen) atoms. The van der Waals surface area contributed by atoms with Crippen molar-refractivity contribution in [3.63, 3.8) is 0 Å². The molecule has 1 aliphatic rings. The molecule has 1 aromatic carbocycles. The van der Waals surface area contributed by atoms with Crippen LogP contribution < -0.4 is 5.32 Å². The van der Waals surface area contributed by atoms with Crippen LogP contribution in [-0.2, 0) is 19.4 Å². The summed E-state index contributed by atoms with van der Waals surface area (Å²) in [5.74, 6) is -1.25. The number of nitrogens with one attached hydrogen (secondary N) is 1. The molecule has 1 aliphatic heterocycles. The van der Waals surface area contributed by atoms with Gasteiger partial charge in [-0.05, 0) is 31.5 Å². The lowest BCUT2D eigenvalue weighted by atomic mass is 10.0. The van der Waals surface area contributed by atoms with Crippen LogP contribution in [0, 0.1) is 0 Å². The van der Waals surface area contributed by atoms with E-state index >= 15 is 0 Å². The zero-order valence-electron chi connectivity index (χ0n) is 12.0. The number of halogens is 1. The molecule has 8 heteroatoms. The molecule has 2 rings (SSSR count). The smallest absolute Gasteiger partial charge is 0.338 e. The molecule has 0 unspecified atom stereocenters. The summed E-state index contributed by atoms with van der Waals surface area (Å²) >= 11 is 5.77. The average Bonchev–Trinajstić information content (AvgIpc) is 2.69. The number of esters is 1. The number of carbonyl (C=O) groups excluding carboxylic acids is 2. The van der Waals surface area contributed by atoms with Crippen LogP contribution in [0.3, 0.4) is 0 Å². The van der Waals surface area contributed by atoms with Crippen LogP contribution in [0.25, 0.3) is 0 Å². The van der Waals surface area contributed by atoms with E-state index in [9.17, 15) is 18.0 Å². The maximum atomic E-state index is 11.8. The first-order chi connectivity index (χ1) is 10.2. The highest BCUT2D eigenvalue weighted by Gasteiger charge is 2.39. The lowest BCUT2D eigenvalue weighted by Crippen LogP contribution is -2.48. The second-order valence-corrected chi connectivity index (χ2v) is 8.16. The molecule has 120 valence electrons. The molecular formula is C14H16ClNO5S. The summed E-state index contributed by atoms with van der Waals surface area (Å²) in [6.45, 7) is 1.19. The molecule has 0 bridgehead atoms. The Morgan fingerprint density at radius 2 is 2.14 bits per heavy atom. The Morgan fingerprint density at radius 3 is 2.73 bits per heavy atom. The number of carbonyl (C=O) groups is 2. The van der Waals surface area contributed by atoms with E-state index in [1.165, 1.54) is 12.1 Å². The van der Waals surface area contributed by atoms with E-state index in [4.69, 9.17) is 16.3 Å². The van der Waals surface area contributed by atoms with Gasteiger partial charge in [-0.25, -0.2) is 13.2 Å². The molecule has 0 spiro atoms. The first-order valence-electron chi connectivity index (χ1n) is 6.63. The SMILES string of the molecule is C[C@@]1(NC(=O)COC(=O)c2cccc(Cl)c2)CCS(=O)(=O)C1. The molecule has 0 aliphatic carbocycles. The molecule has 0 radical (unpaired) electrons. The largest absolute Gasteiger partial charge is 0.452 e. The summed E-state index contributed by atoms with van der Waals surface area (Å²) in [6, 6.07) is 6.18. The Labute approximate surface area is 133 Å². The van der Waals surface area contributed by atoms with Gasteiger partial charge in [0.2, 0.25) is 0 Å². The van der Waals surface area contributed by atoms with E-state index in [2.05, 4.69) is 5.32 Å². The monoisotopic (exact) mass is 345 g/mol. The summed E-state index contributed by atoms with van der Waals surface area (Å²) in [6.07, 6.45) is 0.351. The third kappa shape index (κ3) is 4.45. The summed E-state index contributed by atoms with van der Waals surface area (Å²) < 4.78 is 27.8. The van der Waals surface area contributed by atoms with Gasteiger partial charge in [-0.1, -0.05) is 17.7 Å². The van der Waals surface area contributed by atoms with Gasteiger partial charge in [0.05, 0.1) is 22.6 Å². The van der Waals surface area contributed by atoms with Crippen LogP contribution in [0.2, 0.25) is 5.02 Å². The fraction of sp³-hybridized carbons (Fsp3) is 0.429. The van der Waals surface area contributed by atoms with E-state index in [0.29, 0.717) is 11.4 Å². The van der Waals surface area contributed by atoms with Crippen molar-refractivity contribution in [1.82, 2.24) is 5.32 Å². The van der Waals surface area contributed by atoms with Crippen molar-refractivity contribution in [2.45, 2.75) is 18.9 Å². The summed E-state index contributed by atoms with van der Waals surface area (Å²) in [7, 11) is -3.12. The van der Waals surface area contributed by atoms with Crippen molar-refractivity contribution in [2.24, 2.45) is 0 Å². The van der Waals surface area contributed by atoms with Crippen LogP contribution in [0.5, 0.6) is 0 Å². The third-order valence-corrected chi connectivity index (χ3v) is 5.48. The second-order valence-electron chi connectivity index (χ2n) is 5.54.